The van der Waals surface area contributed by atoms with Crippen LogP contribution in [0.15, 0.2) is 42.7 Å². The molecule has 0 amide bonds. The summed E-state index contributed by atoms with van der Waals surface area (Å²) in [7, 11) is 0. The van der Waals surface area contributed by atoms with Crippen LogP contribution in [0, 0.1) is 0 Å². The number of aromatic nitrogens is 1. The van der Waals surface area contributed by atoms with Gasteiger partial charge in [-0.1, -0.05) is 18.2 Å². The van der Waals surface area contributed by atoms with Crippen LogP contribution in [0.4, 0.5) is 0 Å². The normalized spacial score (nSPS) is 15.1. The van der Waals surface area contributed by atoms with Gasteiger partial charge >= 0.3 is 0 Å². The highest BCUT2D eigenvalue weighted by Gasteiger charge is 2.15. The number of pyridine rings is 1. The fourth-order valence-electron chi connectivity index (χ4n) is 2.15. The van der Waals surface area contributed by atoms with Crippen LogP contribution in [0.25, 0.3) is 0 Å². The zero-order valence-electron chi connectivity index (χ0n) is 9.47. The molecule has 3 rings (SSSR count). The van der Waals surface area contributed by atoms with E-state index in [0.29, 0.717) is 0 Å². The quantitative estimate of drug-likeness (QED) is 0.852. The van der Waals surface area contributed by atoms with Gasteiger partial charge in [-0.15, -0.1) is 0 Å². The summed E-state index contributed by atoms with van der Waals surface area (Å²) in [4.78, 5) is 4.10. The van der Waals surface area contributed by atoms with Crippen LogP contribution >= 0.6 is 0 Å². The maximum atomic E-state index is 6.23. The lowest BCUT2D eigenvalue weighted by Crippen LogP contribution is -2.12. The number of fused-ring (bicyclic) bond motifs is 1. The molecule has 1 atom stereocenters. The average Bonchev–Trinajstić information content (AvgIpc) is 2.86. The molecular formula is C14H14N2O. The standard InChI is InChI=1S/C14H14N2O/c15-14(12-2-1-6-16-9-12)11-3-4-13-10(8-11)5-7-17-13/h1-4,6,8-9,14H,5,7,15H2. The zero-order valence-corrected chi connectivity index (χ0v) is 9.47. The van der Waals surface area contributed by atoms with Crippen LogP contribution in [-0.2, 0) is 6.42 Å². The second kappa shape index (κ2) is 4.18. The Kier molecular flexibility index (Phi) is 2.53. The first kappa shape index (κ1) is 10.3. The third-order valence-electron chi connectivity index (χ3n) is 3.12. The van der Waals surface area contributed by atoms with Crippen molar-refractivity contribution in [1.29, 1.82) is 0 Å². The summed E-state index contributed by atoms with van der Waals surface area (Å²) >= 11 is 0. The SMILES string of the molecule is NC(c1cccnc1)c1ccc2c(c1)CCO2. The summed E-state index contributed by atoms with van der Waals surface area (Å²) in [5.41, 5.74) is 9.63. The number of nitrogens with two attached hydrogens (primary N) is 1. The van der Waals surface area contributed by atoms with Crippen molar-refractivity contribution >= 4 is 0 Å². The minimum absolute atomic E-state index is 0.116. The van der Waals surface area contributed by atoms with Gasteiger partial charge < -0.3 is 10.5 Å². The van der Waals surface area contributed by atoms with Crippen molar-refractivity contribution in [3.05, 3.63) is 59.4 Å². The summed E-state index contributed by atoms with van der Waals surface area (Å²) in [6.45, 7) is 0.779. The lowest BCUT2D eigenvalue weighted by atomic mass is 9.98. The number of ether oxygens (including phenoxy) is 1. The first-order chi connectivity index (χ1) is 8.34. The predicted molar refractivity (Wildman–Crippen MR) is 65.9 cm³/mol. The molecule has 17 heavy (non-hydrogen) atoms. The Balaban J connectivity index is 1.94. The minimum Gasteiger partial charge on any atom is -0.493 e. The van der Waals surface area contributed by atoms with E-state index in [2.05, 4.69) is 11.1 Å². The Morgan fingerprint density at radius 3 is 3.00 bits per heavy atom. The van der Waals surface area contributed by atoms with Gasteiger partial charge in [0.25, 0.3) is 0 Å². The van der Waals surface area contributed by atoms with E-state index >= 15 is 0 Å². The Labute approximate surface area is 100 Å². The van der Waals surface area contributed by atoms with Gasteiger partial charge in [-0.05, 0) is 28.8 Å². The number of hydrogen-bond acceptors (Lipinski definition) is 3. The first-order valence-electron chi connectivity index (χ1n) is 5.76. The van der Waals surface area contributed by atoms with Gasteiger partial charge in [0.2, 0.25) is 0 Å². The summed E-state index contributed by atoms with van der Waals surface area (Å²) in [5, 5.41) is 0. The van der Waals surface area contributed by atoms with Crippen LogP contribution in [-0.4, -0.2) is 11.6 Å². The molecule has 2 aromatic rings. The maximum absolute atomic E-state index is 6.23. The first-order valence-corrected chi connectivity index (χ1v) is 5.76. The van der Waals surface area contributed by atoms with E-state index in [9.17, 15) is 0 Å². The van der Waals surface area contributed by atoms with E-state index in [1.165, 1.54) is 5.56 Å². The van der Waals surface area contributed by atoms with E-state index in [0.717, 1.165) is 29.9 Å². The van der Waals surface area contributed by atoms with E-state index in [-0.39, 0.29) is 6.04 Å². The largest absolute Gasteiger partial charge is 0.493 e. The summed E-state index contributed by atoms with van der Waals surface area (Å²) in [6.07, 6.45) is 4.55. The van der Waals surface area contributed by atoms with Crippen molar-refractivity contribution in [3.8, 4) is 5.75 Å². The van der Waals surface area contributed by atoms with Crippen LogP contribution in [0.3, 0.4) is 0 Å². The highest BCUT2D eigenvalue weighted by atomic mass is 16.5. The third-order valence-corrected chi connectivity index (χ3v) is 3.12. The van der Waals surface area contributed by atoms with Gasteiger partial charge in [0.15, 0.2) is 0 Å². The molecule has 0 radical (unpaired) electrons. The minimum atomic E-state index is -0.116. The van der Waals surface area contributed by atoms with Crippen molar-refractivity contribution in [2.45, 2.75) is 12.5 Å². The molecule has 0 fully saturated rings. The monoisotopic (exact) mass is 226 g/mol. The molecular weight excluding hydrogens is 212 g/mol. The summed E-state index contributed by atoms with van der Waals surface area (Å²) in [5.74, 6) is 0.993. The highest BCUT2D eigenvalue weighted by Crippen LogP contribution is 2.29. The molecule has 0 saturated heterocycles. The van der Waals surface area contributed by atoms with E-state index in [4.69, 9.17) is 10.5 Å². The van der Waals surface area contributed by atoms with Gasteiger partial charge in [-0.25, -0.2) is 0 Å². The summed E-state index contributed by atoms with van der Waals surface area (Å²) < 4.78 is 5.49. The number of rotatable bonds is 2. The van der Waals surface area contributed by atoms with Crippen molar-refractivity contribution < 1.29 is 4.74 Å². The maximum Gasteiger partial charge on any atom is 0.122 e. The Hall–Kier alpha value is -1.87. The lowest BCUT2D eigenvalue weighted by molar-refractivity contribution is 0.357. The van der Waals surface area contributed by atoms with Crippen LogP contribution in [0.1, 0.15) is 22.7 Å². The molecule has 1 aliphatic rings. The fourth-order valence-corrected chi connectivity index (χ4v) is 2.15. The number of nitrogens with zero attached hydrogens (tertiary/aromatic N) is 1. The molecule has 0 aliphatic carbocycles. The topological polar surface area (TPSA) is 48.1 Å². The molecule has 0 spiro atoms. The molecule has 1 aliphatic heterocycles. The van der Waals surface area contributed by atoms with Crippen molar-refractivity contribution in [3.63, 3.8) is 0 Å². The number of benzene rings is 1. The molecule has 0 bridgehead atoms. The Morgan fingerprint density at radius 2 is 2.18 bits per heavy atom. The van der Waals surface area contributed by atoms with Crippen LogP contribution < -0.4 is 10.5 Å². The van der Waals surface area contributed by atoms with Gasteiger partial charge in [-0.3, -0.25) is 4.98 Å². The molecule has 2 N–H and O–H groups in total. The van der Waals surface area contributed by atoms with Crippen molar-refractivity contribution in [2.75, 3.05) is 6.61 Å². The molecule has 0 saturated carbocycles. The second-order valence-corrected chi connectivity index (χ2v) is 4.23. The molecule has 1 unspecified atom stereocenters. The van der Waals surface area contributed by atoms with Gasteiger partial charge in [0.1, 0.15) is 5.75 Å². The van der Waals surface area contributed by atoms with Gasteiger partial charge in [-0.2, -0.15) is 0 Å². The molecule has 3 heteroatoms. The molecule has 1 aromatic carbocycles. The molecule has 1 aromatic heterocycles. The van der Waals surface area contributed by atoms with E-state index < -0.39 is 0 Å². The average molecular weight is 226 g/mol. The van der Waals surface area contributed by atoms with E-state index in [1.807, 2.05) is 30.5 Å². The molecule has 2 heterocycles. The summed E-state index contributed by atoms with van der Waals surface area (Å²) in [6, 6.07) is 9.97. The van der Waals surface area contributed by atoms with Crippen molar-refractivity contribution in [1.82, 2.24) is 4.98 Å². The molecule has 3 nitrogen and oxygen atoms in total. The third kappa shape index (κ3) is 1.89. The Morgan fingerprint density at radius 1 is 1.24 bits per heavy atom. The Bertz CT molecular complexity index is 525. The lowest BCUT2D eigenvalue weighted by Gasteiger charge is -2.13. The smallest absolute Gasteiger partial charge is 0.122 e. The van der Waals surface area contributed by atoms with Crippen LogP contribution in [0.2, 0.25) is 0 Å². The van der Waals surface area contributed by atoms with Gasteiger partial charge in [0, 0.05) is 18.8 Å². The van der Waals surface area contributed by atoms with Crippen LogP contribution in [0.5, 0.6) is 5.75 Å². The predicted octanol–water partition coefficient (Wildman–Crippen LogP) is 2.06. The zero-order chi connectivity index (χ0) is 11.7. The van der Waals surface area contributed by atoms with E-state index in [1.54, 1.807) is 6.20 Å². The van der Waals surface area contributed by atoms with Gasteiger partial charge in [0.05, 0.1) is 12.6 Å². The number of hydrogen-bond donors (Lipinski definition) is 1. The second-order valence-electron chi connectivity index (χ2n) is 4.23. The van der Waals surface area contributed by atoms with Crippen molar-refractivity contribution in [2.24, 2.45) is 5.73 Å². The molecule has 86 valence electrons. The fraction of sp³-hybridized carbons (Fsp3) is 0.214. The highest BCUT2D eigenvalue weighted by molar-refractivity contribution is 5.42.